The predicted molar refractivity (Wildman–Crippen MR) is 52.0 cm³/mol. The van der Waals surface area contributed by atoms with Crippen molar-refractivity contribution in [2.45, 2.75) is 0 Å². The normalized spacial score (nSPS) is 11.1. The molecule has 0 aromatic heterocycles. The zero-order valence-electron chi connectivity index (χ0n) is 7.06. The lowest BCUT2D eigenvalue weighted by molar-refractivity contribution is -0.404. The van der Waals surface area contributed by atoms with E-state index in [1.54, 1.807) is 0 Å². The Kier molecular flexibility index (Phi) is 7.12. The van der Waals surface area contributed by atoms with Crippen molar-refractivity contribution < 1.29 is 10.0 Å². The highest BCUT2D eigenvalue weighted by Crippen LogP contribution is 1.84. The van der Waals surface area contributed by atoms with Crippen LogP contribution in [0.3, 0.4) is 0 Å². The highest BCUT2D eigenvalue weighted by Gasteiger charge is 1.99. The third kappa shape index (κ3) is 7.41. The number of nitrogens with one attached hydrogen (secondary N) is 2. The lowest BCUT2D eigenvalue weighted by Crippen LogP contribution is -2.30. The minimum Gasteiger partial charge on any atom is -0.395 e. The fourth-order valence-electron chi connectivity index (χ4n) is 0.640. The Balaban J connectivity index is 3.94. The van der Waals surface area contributed by atoms with Gasteiger partial charge in [-0.05, 0) is 0 Å². The van der Waals surface area contributed by atoms with E-state index in [9.17, 15) is 10.1 Å². The van der Waals surface area contributed by atoms with Crippen molar-refractivity contribution in [3.8, 4) is 0 Å². The summed E-state index contributed by atoms with van der Waals surface area (Å²) in [6.07, 6.45) is 0.819. The van der Waals surface area contributed by atoms with Crippen LogP contribution in [0, 0.1) is 10.1 Å². The van der Waals surface area contributed by atoms with E-state index >= 15 is 0 Å². The molecule has 0 saturated heterocycles. The maximum Gasteiger partial charge on any atom is 0.274 e. The van der Waals surface area contributed by atoms with Gasteiger partial charge in [0.1, 0.15) is 0 Å². The van der Waals surface area contributed by atoms with Crippen molar-refractivity contribution in [1.82, 2.24) is 10.6 Å². The minimum absolute atomic E-state index is 0.0718. The van der Waals surface area contributed by atoms with E-state index in [1.807, 2.05) is 0 Å². The molecule has 0 amide bonds. The molecular formula is C6H13N3O3S. The van der Waals surface area contributed by atoms with Gasteiger partial charge in [0.2, 0.25) is 0 Å². The van der Waals surface area contributed by atoms with Gasteiger partial charge in [-0.15, -0.1) is 0 Å². The number of thiol groups is 1. The number of rotatable bonds is 7. The van der Waals surface area contributed by atoms with E-state index in [4.69, 9.17) is 5.11 Å². The summed E-state index contributed by atoms with van der Waals surface area (Å²) < 4.78 is 0. The predicted octanol–water partition coefficient (Wildman–Crippen LogP) is -0.837. The number of nitrogens with zero attached hydrogens (tertiary/aromatic N) is 1. The second kappa shape index (κ2) is 7.69. The maximum atomic E-state index is 10.1. The van der Waals surface area contributed by atoms with Crippen LogP contribution in [0.15, 0.2) is 12.0 Å². The summed E-state index contributed by atoms with van der Waals surface area (Å²) in [6, 6.07) is 0. The van der Waals surface area contributed by atoms with Crippen molar-refractivity contribution in [3.05, 3.63) is 22.1 Å². The van der Waals surface area contributed by atoms with Gasteiger partial charge in [-0.25, -0.2) is 0 Å². The van der Waals surface area contributed by atoms with Gasteiger partial charge in [0, 0.05) is 18.8 Å². The van der Waals surface area contributed by atoms with Crippen LogP contribution in [0.4, 0.5) is 0 Å². The van der Waals surface area contributed by atoms with Crippen molar-refractivity contribution >= 4 is 12.6 Å². The Morgan fingerprint density at radius 3 is 2.62 bits per heavy atom. The molecule has 0 saturated carbocycles. The zero-order valence-corrected chi connectivity index (χ0v) is 7.96. The topological polar surface area (TPSA) is 87.4 Å². The van der Waals surface area contributed by atoms with Gasteiger partial charge in [-0.3, -0.25) is 10.1 Å². The SMILES string of the molecule is O=[N+]([O-])/C=C(/NCCO)NCCS. The zero-order chi connectivity index (χ0) is 10.1. The van der Waals surface area contributed by atoms with Crippen molar-refractivity contribution in [2.24, 2.45) is 0 Å². The number of hydrogen-bond donors (Lipinski definition) is 4. The molecule has 0 heterocycles. The quantitative estimate of drug-likeness (QED) is 0.248. The first-order valence-corrected chi connectivity index (χ1v) is 4.38. The molecule has 0 bridgehead atoms. The van der Waals surface area contributed by atoms with Crippen LogP contribution in [0.5, 0.6) is 0 Å². The Labute approximate surface area is 81.6 Å². The molecule has 0 aromatic carbocycles. The number of aliphatic hydroxyl groups excluding tert-OH is 1. The van der Waals surface area contributed by atoms with Crippen LogP contribution in [-0.2, 0) is 0 Å². The maximum absolute atomic E-state index is 10.1. The van der Waals surface area contributed by atoms with Crippen LogP contribution in [0.2, 0.25) is 0 Å². The molecule has 0 aliphatic carbocycles. The molecule has 7 heteroatoms. The Morgan fingerprint density at radius 1 is 1.54 bits per heavy atom. The van der Waals surface area contributed by atoms with Crippen molar-refractivity contribution in [1.29, 1.82) is 0 Å². The highest BCUT2D eigenvalue weighted by molar-refractivity contribution is 7.80. The molecule has 0 radical (unpaired) electrons. The first-order chi connectivity index (χ1) is 6.20. The van der Waals surface area contributed by atoms with Gasteiger partial charge < -0.3 is 15.7 Å². The fraction of sp³-hybridized carbons (Fsp3) is 0.667. The van der Waals surface area contributed by atoms with Gasteiger partial charge in [0.25, 0.3) is 6.20 Å². The summed E-state index contributed by atoms with van der Waals surface area (Å²) in [6.45, 7) is 0.734. The average Bonchev–Trinajstić information content (AvgIpc) is 2.09. The Hall–Kier alpha value is -0.950. The van der Waals surface area contributed by atoms with Crippen molar-refractivity contribution in [2.75, 3.05) is 25.4 Å². The molecule has 0 unspecified atom stereocenters. The van der Waals surface area contributed by atoms with E-state index in [-0.39, 0.29) is 19.0 Å². The molecule has 0 aliphatic rings. The van der Waals surface area contributed by atoms with Crippen LogP contribution in [0.25, 0.3) is 0 Å². The fourth-order valence-corrected chi connectivity index (χ4v) is 0.752. The average molecular weight is 207 g/mol. The summed E-state index contributed by atoms with van der Waals surface area (Å²) in [5.41, 5.74) is 0. The van der Waals surface area contributed by atoms with Crippen LogP contribution < -0.4 is 10.6 Å². The lowest BCUT2D eigenvalue weighted by atomic mass is 10.6. The van der Waals surface area contributed by atoms with Crippen LogP contribution >= 0.6 is 12.6 Å². The molecule has 76 valence electrons. The molecule has 6 nitrogen and oxygen atoms in total. The van der Waals surface area contributed by atoms with Gasteiger partial charge >= 0.3 is 0 Å². The molecule has 0 spiro atoms. The Bertz CT molecular complexity index is 176. The third-order valence-electron chi connectivity index (χ3n) is 1.09. The van der Waals surface area contributed by atoms with E-state index < -0.39 is 4.92 Å². The molecule has 0 aromatic rings. The molecule has 13 heavy (non-hydrogen) atoms. The summed E-state index contributed by atoms with van der Waals surface area (Å²) in [5.74, 6) is 0.865. The van der Waals surface area contributed by atoms with Gasteiger partial charge in [0.15, 0.2) is 5.82 Å². The summed E-state index contributed by atoms with van der Waals surface area (Å²) >= 11 is 3.94. The lowest BCUT2D eigenvalue weighted by Gasteiger charge is -2.08. The Morgan fingerprint density at radius 2 is 2.15 bits per heavy atom. The van der Waals surface area contributed by atoms with Crippen molar-refractivity contribution in [3.63, 3.8) is 0 Å². The molecule has 0 rings (SSSR count). The van der Waals surface area contributed by atoms with Gasteiger partial charge in [0.05, 0.1) is 11.5 Å². The largest absolute Gasteiger partial charge is 0.395 e. The second-order valence-electron chi connectivity index (χ2n) is 2.13. The van der Waals surface area contributed by atoms with Gasteiger partial charge in [-0.1, -0.05) is 0 Å². The molecule has 0 aliphatic heterocycles. The van der Waals surface area contributed by atoms with E-state index in [1.165, 1.54) is 0 Å². The minimum atomic E-state index is -0.564. The van der Waals surface area contributed by atoms with E-state index in [2.05, 4.69) is 23.3 Å². The molecule has 0 atom stereocenters. The highest BCUT2D eigenvalue weighted by atomic mass is 32.1. The molecular weight excluding hydrogens is 194 g/mol. The second-order valence-corrected chi connectivity index (χ2v) is 2.58. The van der Waals surface area contributed by atoms with Crippen LogP contribution in [-0.4, -0.2) is 35.5 Å². The number of hydrogen-bond acceptors (Lipinski definition) is 6. The summed E-state index contributed by atoms with van der Waals surface area (Å²) in [5, 5.41) is 24.0. The monoisotopic (exact) mass is 207 g/mol. The summed E-state index contributed by atoms with van der Waals surface area (Å²) in [4.78, 5) is 9.54. The standard InChI is InChI=1S/C6H13N3O3S/c10-3-1-7-6(5-9(11)12)8-2-4-13/h5,7-8,10,13H,1-4H2/b6-5-. The van der Waals surface area contributed by atoms with Gasteiger partial charge in [-0.2, -0.15) is 12.6 Å². The van der Waals surface area contributed by atoms with E-state index in [0.717, 1.165) is 6.20 Å². The van der Waals surface area contributed by atoms with E-state index in [0.29, 0.717) is 12.3 Å². The molecule has 3 N–H and O–H groups in total. The van der Waals surface area contributed by atoms with Crippen LogP contribution in [0.1, 0.15) is 0 Å². The number of aliphatic hydroxyl groups is 1. The third-order valence-corrected chi connectivity index (χ3v) is 1.31. The first kappa shape index (κ1) is 12.0. The smallest absolute Gasteiger partial charge is 0.274 e. The first-order valence-electron chi connectivity index (χ1n) is 3.75. The molecule has 0 fully saturated rings. The number of nitro groups is 1. The summed E-state index contributed by atoms with van der Waals surface area (Å²) in [7, 11) is 0.